The quantitative estimate of drug-likeness (QED) is 0.826. The Labute approximate surface area is 140 Å². The van der Waals surface area contributed by atoms with Crippen LogP contribution < -0.4 is 4.90 Å². The van der Waals surface area contributed by atoms with E-state index in [0.29, 0.717) is 17.9 Å². The van der Waals surface area contributed by atoms with Gasteiger partial charge in [-0.1, -0.05) is 25.3 Å². The molecular formula is C20H30N2O. The number of piperazine rings is 1. The van der Waals surface area contributed by atoms with Crippen molar-refractivity contribution in [3.8, 4) is 0 Å². The predicted molar refractivity (Wildman–Crippen MR) is 95.9 cm³/mol. The van der Waals surface area contributed by atoms with E-state index in [-0.39, 0.29) is 0 Å². The molecule has 1 saturated carbocycles. The number of rotatable bonds is 2. The summed E-state index contributed by atoms with van der Waals surface area (Å²) in [5.41, 5.74) is 3.98. The standard InChI is InChI=1S/C20H30N2O/c1-15-9-10-19(13-16(15)2)21-11-12-22(17(3)14-21)20(23)18-7-5-4-6-8-18/h9-10,13,17-18H,4-8,11-12,14H2,1-3H3. The average molecular weight is 314 g/mol. The molecule has 1 unspecified atom stereocenters. The molecule has 1 amide bonds. The lowest BCUT2D eigenvalue weighted by Gasteiger charge is -2.42. The first-order chi connectivity index (χ1) is 11.1. The molecule has 1 atom stereocenters. The lowest BCUT2D eigenvalue weighted by molar-refractivity contribution is -0.139. The van der Waals surface area contributed by atoms with Crippen molar-refractivity contribution in [3.63, 3.8) is 0 Å². The van der Waals surface area contributed by atoms with Gasteiger partial charge in [0.15, 0.2) is 0 Å². The van der Waals surface area contributed by atoms with E-state index in [1.54, 1.807) is 0 Å². The third kappa shape index (κ3) is 3.54. The van der Waals surface area contributed by atoms with Crippen LogP contribution in [0.4, 0.5) is 5.69 Å². The molecule has 0 bridgehead atoms. The summed E-state index contributed by atoms with van der Waals surface area (Å²) in [4.78, 5) is 17.4. The fraction of sp³-hybridized carbons (Fsp3) is 0.650. The second-order valence-corrected chi connectivity index (χ2v) is 7.43. The van der Waals surface area contributed by atoms with E-state index in [1.807, 2.05) is 0 Å². The second-order valence-electron chi connectivity index (χ2n) is 7.43. The van der Waals surface area contributed by atoms with Crippen LogP contribution in [0.15, 0.2) is 18.2 Å². The molecule has 1 aliphatic heterocycles. The normalized spacial score (nSPS) is 23.2. The van der Waals surface area contributed by atoms with Crippen molar-refractivity contribution in [1.29, 1.82) is 0 Å². The van der Waals surface area contributed by atoms with Crippen molar-refractivity contribution in [2.75, 3.05) is 24.5 Å². The molecule has 0 aromatic heterocycles. The minimum Gasteiger partial charge on any atom is -0.368 e. The zero-order chi connectivity index (χ0) is 16.4. The highest BCUT2D eigenvalue weighted by atomic mass is 16.2. The highest BCUT2D eigenvalue weighted by Gasteiger charge is 2.32. The molecule has 1 saturated heterocycles. The van der Waals surface area contributed by atoms with Crippen LogP contribution >= 0.6 is 0 Å². The zero-order valence-electron chi connectivity index (χ0n) is 14.8. The maximum Gasteiger partial charge on any atom is 0.226 e. The summed E-state index contributed by atoms with van der Waals surface area (Å²) < 4.78 is 0. The van der Waals surface area contributed by atoms with Gasteiger partial charge in [-0.05, 0) is 56.9 Å². The van der Waals surface area contributed by atoms with Crippen molar-refractivity contribution >= 4 is 11.6 Å². The van der Waals surface area contributed by atoms with Gasteiger partial charge >= 0.3 is 0 Å². The number of carbonyl (C=O) groups excluding carboxylic acids is 1. The van der Waals surface area contributed by atoms with E-state index in [9.17, 15) is 4.79 Å². The van der Waals surface area contributed by atoms with E-state index < -0.39 is 0 Å². The van der Waals surface area contributed by atoms with E-state index in [1.165, 1.54) is 36.1 Å². The Morgan fingerprint density at radius 3 is 2.43 bits per heavy atom. The fourth-order valence-electron chi connectivity index (χ4n) is 4.03. The summed E-state index contributed by atoms with van der Waals surface area (Å²) in [6.07, 6.45) is 5.96. The number of hydrogen-bond acceptors (Lipinski definition) is 2. The summed E-state index contributed by atoms with van der Waals surface area (Å²) in [7, 11) is 0. The molecule has 3 rings (SSSR count). The number of benzene rings is 1. The van der Waals surface area contributed by atoms with Gasteiger partial charge in [-0.25, -0.2) is 0 Å². The number of nitrogens with zero attached hydrogens (tertiary/aromatic N) is 2. The summed E-state index contributed by atoms with van der Waals surface area (Å²) in [6.45, 7) is 9.29. The number of hydrogen-bond donors (Lipinski definition) is 0. The Kier molecular flexibility index (Phi) is 4.93. The van der Waals surface area contributed by atoms with Crippen molar-refractivity contribution < 1.29 is 4.79 Å². The molecule has 0 N–H and O–H groups in total. The predicted octanol–water partition coefficient (Wildman–Crippen LogP) is 3.92. The maximum absolute atomic E-state index is 12.8. The molecule has 1 aliphatic carbocycles. The molecule has 2 aliphatic rings. The topological polar surface area (TPSA) is 23.6 Å². The van der Waals surface area contributed by atoms with Gasteiger partial charge in [-0.3, -0.25) is 4.79 Å². The largest absolute Gasteiger partial charge is 0.368 e. The SMILES string of the molecule is Cc1ccc(N2CCN(C(=O)C3CCCCC3)C(C)C2)cc1C. The Balaban J connectivity index is 1.64. The van der Waals surface area contributed by atoms with E-state index in [2.05, 4.69) is 48.8 Å². The van der Waals surface area contributed by atoms with Crippen LogP contribution in [-0.2, 0) is 4.79 Å². The first kappa shape index (κ1) is 16.4. The van der Waals surface area contributed by atoms with Crippen LogP contribution in [0.25, 0.3) is 0 Å². The fourth-order valence-corrected chi connectivity index (χ4v) is 4.03. The van der Waals surface area contributed by atoms with Gasteiger partial charge in [-0.15, -0.1) is 0 Å². The third-order valence-electron chi connectivity index (χ3n) is 5.72. The van der Waals surface area contributed by atoms with Crippen molar-refractivity contribution in [1.82, 2.24) is 4.90 Å². The van der Waals surface area contributed by atoms with Crippen LogP contribution in [0.3, 0.4) is 0 Å². The van der Waals surface area contributed by atoms with Crippen molar-refractivity contribution in [2.45, 2.75) is 58.9 Å². The van der Waals surface area contributed by atoms with Gasteiger partial charge in [0.2, 0.25) is 5.91 Å². The van der Waals surface area contributed by atoms with Gasteiger partial charge in [-0.2, -0.15) is 0 Å². The van der Waals surface area contributed by atoms with E-state index in [4.69, 9.17) is 0 Å². The van der Waals surface area contributed by atoms with Gasteiger partial charge in [0.05, 0.1) is 0 Å². The third-order valence-corrected chi connectivity index (χ3v) is 5.72. The minimum atomic E-state index is 0.291. The zero-order valence-corrected chi connectivity index (χ0v) is 14.8. The van der Waals surface area contributed by atoms with Crippen LogP contribution in [0, 0.1) is 19.8 Å². The highest BCUT2D eigenvalue weighted by molar-refractivity contribution is 5.79. The molecule has 3 heteroatoms. The van der Waals surface area contributed by atoms with Crippen LogP contribution in [0.2, 0.25) is 0 Å². The van der Waals surface area contributed by atoms with E-state index >= 15 is 0 Å². The lowest BCUT2D eigenvalue weighted by Crippen LogP contribution is -2.55. The van der Waals surface area contributed by atoms with Crippen molar-refractivity contribution in [3.05, 3.63) is 29.3 Å². The van der Waals surface area contributed by atoms with Gasteiger partial charge in [0.25, 0.3) is 0 Å². The van der Waals surface area contributed by atoms with Gasteiger partial charge in [0.1, 0.15) is 0 Å². The molecule has 0 spiro atoms. The molecule has 2 fully saturated rings. The minimum absolute atomic E-state index is 0.291. The number of amides is 1. The Morgan fingerprint density at radius 2 is 1.78 bits per heavy atom. The smallest absolute Gasteiger partial charge is 0.226 e. The van der Waals surface area contributed by atoms with Crippen LogP contribution in [-0.4, -0.2) is 36.5 Å². The monoisotopic (exact) mass is 314 g/mol. The summed E-state index contributed by atoms with van der Waals surface area (Å²) in [5, 5.41) is 0. The average Bonchev–Trinajstić information content (AvgIpc) is 2.57. The lowest BCUT2D eigenvalue weighted by atomic mass is 9.87. The molecule has 1 heterocycles. The molecular weight excluding hydrogens is 284 g/mol. The summed E-state index contributed by atoms with van der Waals surface area (Å²) in [6, 6.07) is 7.00. The molecule has 0 radical (unpaired) electrons. The Morgan fingerprint density at radius 1 is 1.04 bits per heavy atom. The first-order valence-electron chi connectivity index (χ1n) is 9.19. The Bertz CT molecular complexity index is 563. The van der Waals surface area contributed by atoms with Gasteiger partial charge in [0, 0.05) is 37.3 Å². The number of carbonyl (C=O) groups is 1. The molecule has 126 valence electrons. The second kappa shape index (κ2) is 6.94. The maximum atomic E-state index is 12.8. The number of aryl methyl sites for hydroxylation is 2. The highest BCUT2D eigenvalue weighted by Crippen LogP contribution is 2.28. The van der Waals surface area contributed by atoms with Crippen LogP contribution in [0.1, 0.15) is 50.2 Å². The van der Waals surface area contributed by atoms with Crippen LogP contribution in [0.5, 0.6) is 0 Å². The first-order valence-corrected chi connectivity index (χ1v) is 9.19. The summed E-state index contributed by atoms with van der Waals surface area (Å²) >= 11 is 0. The van der Waals surface area contributed by atoms with E-state index in [0.717, 1.165) is 32.5 Å². The molecule has 1 aromatic rings. The molecule has 23 heavy (non-hydrogen) atoms. The Hall–Kier alpha value is -1.51. The van der Waals surface area contributed by atoms with Crippen molar-refractivity contribution in [2.24, 2.45) is 5.92 Å². The molecule has 1 aromatic carbocycles. The summed E-state index contributed by atoms with van der Waals surface area (Å²) in [5.74, 6) is 0.705. The molecule has 3 nitrogen and oxygen atoms in total. The number of anilines is 1. The van der Waals surface area contributed by atoms with Gasteiger partial charge < -0.3 is 9.80 Å².